The summed E-state index contributed by atoms with van der Waals surface area (Å²) in [6, 6.07) is 0. The van der Waals surface area contributed by atoms with Crippen LogP contribution in [0.2, 0.25) is 0 Å². The second kappa shape index (κ2) is 4.75. The first-order valence-corrected chi connectivity index (χ1v) is 2.56. The number of ether oxygens (including phenoxy) is 2. The minimum atomic E-state index is -1.09. The van der Waals surface area contributed by atoms with E-state index >= 15 is 0 Å². The van der Waals surface area contributed by atoms with Gasteiger partial charge in [0, 0.05) is 6.92 Å². The molecule has 0 saturated carbocycles. The van der Waals surface area contributed by atoms with Gasteiger partial charge in [0.05, 0.1) is 0 Å². The Labute approximate surface area is 57.5 Å². The van der Waals surface area contributed by atoms with Gasteiger partial charge >= 0.3 is 11.9 Å². The Morgan fingerprint density at radius 3 is 2.50 bits per heavy atom. The lowest BCUT2D eigenvalue weighted by molar-refractivity contribution is -0.160. The molecule has 0 aromatic heterocycles. The first kappa shape index (κ1) is 8.90. The van der Waals surface area contributed by atoms with E-state index in [1.54, 1.807) is 0 Å². The minimum absolute atomic E-state index is 0.304. The van der Waals surface area contributed by atoms with E-state index in [0.717, 1.165) is 0 Å². The number of carboxylic acid groups (broad SMARTS) is 1. The molecule has 0 bridgehead atoms. The van der Waals surface area contributed by atoms with E-state index in [-0.39, 0.29) is 6.79 Å². The first-order chi connectivity index (χ1) is 4.63. The highest BCUT2D eigenvalue weighted by atomic mass is 16.7. The van der Waals surface area contributed by atoms with Gasteiger partial charge in [-0.05, 0) is 0 Å². The van der Waals surface area contributed by atoms with Crippen LogP contribution < -0.4 is 0 Å². The van der Waals surface area contributed by atoms with Gasteiger partial charge in [0.25, 0.3) is 0 Å². The minimum Gasteiger partial charge on any atom is -0.480 e. The SMILES string of the molecule is CC(=O)OCOCC(=O)O. The molecule has 5 heteroatoms. The van der Waals surface area contributed by atoms with Gasteiger partial charge in [-0.1, -0.05) is 0 Å². The van der Waals surface area contributed by atoms with Crippen LogP contribution in [0.3, 0.4) is 0 Å². The summed E-state index contributed by atoms with van der Waals surface area (Å²) in [4.78, 5) is 19.8. The van der Waals surface area contributed by atoms with Gasteiger partial charge in [0.15, 0.2) is 6.79 Å². The summed E-state index contributed by atoms with van der Waals surface area (Å²) in [7, 11) is 0. The molecule has 0 aliphatic rings. The van der Waals surface area contributed by atoms with Crippen molar-refractivity contribution in [3.8, 4) is 0 Å². The van der Waals surface area contributed by atoms with Crippen LogP contribution in [-0.4, -0.2) is 30.4 Å². The molecule has 0 aromatic rings. The predicted molar refractivity (Wildman–Crippen MR) is 30.2 cm³/mol. The van der Waals surface area contributed by atoms with E-state index in [2.05, 4.69) is 9.47 Å². The van der Waals surface area contributed by atoms with Crippen LogP contribution in [0.5, 0.6) is 0 Å². The van der Waals surface area contributed by atoms with E-state index in [1.165, 1.54) is 6.92 Å². The molecular weight excluding hydrogens is 140 g/mol. The number of carbonyl (C=O) groups is 2. The standard InChI is InChI=1S/C5H8O5/c1-4(6)10-3-9-2-5(7)8/h2-3H2,1H3,(H,7,8). The number of carbonyl (C=O) groups excluding carboxylic acids is 1. The van der Waals surface area contributed by atoms with Crippen molar-refractivity contribution in [2.75, 3.05) is 13.4 Å². The molecule has 58 valence electrons. The molecule has 0 saturated heterocycles. The van der Waals surface area contributed by atoms with E-state index in [0.29, 0.717) is 0 Å². The number of aliphatic carboxylic acids is 1. The zero-order valence-corrected chi connectivity index (χ0v) is 5.49. The van der Waals surface area contributed by atoms with Crippen LogP contribution >= 0.6 is 0 Å². The number of rotatable bonds is 4. The highest BCUT2D eigenvalue weighted by Crippen LogP contribution is 1.78. The maximum Gasteiger partial charge on any atom is 0.329 e. The van der Waals surface area contributed by atoms with Crippen molar-refractivity contribution in [2.45, 2.75) is 6.92 Å². The maximum absolute atomic E-state index is 10.0. The third-order valence-corrected chi connectivity index (χ3v) is 0.571. The molecule has 0 aliphatic heterocycles. The summed E-state index contributed by atoms with van der Waals surface area (Å²) >= 11 is 0. The van der Waals surface area contributed by atoms with Crippen LogP contribution in [0.25, 0.3) is 0 Å². The second-order valence-electron chi connectivity index (χ2n) is 1.50. The highest BCUT2D eigenvalue weighted by Gasteiger charge is 1.96. The van der Waals surface area contributed by atoms with Crippen molar-refractivity contribution in [1.29, 1.82) is 0 Å². The fraction of sp³-hybridized carbons (Fsp3) is 0.600. The number of esters is 1. The molecule has 0 aliphatic carbocycles. The third-order valence-electron chi connectivity index (χ3n) is 0.571. The van der Waals surface area contributed by atoms with Crippen LogP contribution in [0.15, 0.2) is 0 Å². The van der Waals surface area contributed by atoms with E-state index in [4.69, 9.17) is 5.11 Å². The van der Waals surface area contributed by atoms with Gasteiger partial charge in [0.1, 0.15) is 6.61 Å². The quantitative estimate of drug-likeness (QED) is 0.334. The molecule has 0 rings (SSSR count). The largest absolute Gasteiger partial charge is 0.480 e. The Kier molecular flexibility index (Phi) is 4.23. The second-order valence-corrected chi connectivity index (χ2v) is 1.50. The molecule has 0 fully saturated rings. The van der Waals surface area contributed by atoms with Crippen molar-refractivity contribution >= 4 is 11.9 Å². The third kappa shape index (κ3) is 6.90. The van der Waals surface area contributed by atoms with Crippen molar-refractivity contribution in [1.82, 2.24) is 0 Å². The van der Waals surface area contributed by atoms with Crippen molar-refractivity contribution < 1.29 is 24.2 Å². The number of hydrogen-bond acceptors (Lipinski definition) is 4. The summed E-state index contributed by atoms with van der Waals surface area (Å²) < 4.78 is 8.63. The lowest BCUT2D eigenvalue weighted by Gasteiger charge is -1.99. The predicted octanol–water partition coefficient (Wildman–Crippen LogP) is -0.392. The Balaban J connectivity index is 3.06. The number of carboxylic acids is 1. The van der Waals surface area contributed by atoms with Crippen molar-refractivity contribution in [3.63, 3.8) is 0 Å². The molecule has 1 N–H and O–H groups in total. The Morgan fingerprint density at radius 1 is 1.50 bits per heavy atom. The average Bonchev–Trinajstić information content (AvgIpc) is 1.79. The fourth-order valence-corrected chi connectivity index (χ4v) is 0.254. The smallest absolute Gasteiger partial charge is 0.329 e. The van der Waals surface area contributed by atoms with Gasteiger partial charge in [0.2, 0.25) is 0 Å². The summed E-state index contributed by atoms with van der Waals surface area (Å²) in [6.45, 7) is 0.457. The molecule has 5 nitrogen and oxygen atoms in total. The van der Waals surface area contributed by atoms with Gasteiger partial charge < -0.3 is 14.6 Å². The van der Waals surface area contributed by atoms with Gasteiger partial charge in [-0.3, -0.25) is 4.79 Å². The molecule has 10 heavy (non-hydrogen) atoms. The maximum atomic E-state index is 10.0. The lowest BCUT2D eigenvalue weighted by atomic mass is 10.7. The Morgan fingerprint density at radius 2 is 2.10 bits per heavy atom. The first-order valence-electron chi connectivity index (χ1n) is 2.56. The topological polar surface area (TPSA) is 72.8 Å². The average molecular weight is 148 g/mol. The summed E-state index contributed by atoms with van der Waals surface area (Å²) in [5, 5.41) is 8.01. The van der Waals surface area contributed by atoms with E-state index in [9.17, 15) is 9.59 Å². The van der Waals surface area contributed by atoms with Crippen LogP contribution in [0, 0.1) is 0 Å². The molecule has 0 radical (unpaired) electrons. The molecule has 0 heterocycles. The van der Waals surface area contributed by atoms with Gasteiger partial charge in [-0.25, -0.2) is 4.79 Å². The molecule has 0 amide bonds. The lowest BCUT2D eigenvalue weighted by Crippen LogP contribution is -2.11. The Hall–Kier alpha value is -1.10. The zero-order chi connectivity index (χ0) is 7.98. The van der Waals surface area contributed by atoms with Gasteiger partial charge in [-0.2, -0.15) is 0 Å². The number of hydrogen-bond donors (Lipinski definition) is 1. The van der Waals surface area contributed by atoms with E-state index < -0.39 is 18.5 Å². The fourth-order valence-electron chi connectivity index (χ4n) is 0.254. The highest BCUT2D eigenvalue weighted by molar-refractivity contribution is 5.68. The molecular formula is C5H8O5. The molecule has 0 spiro atoms. The van der Waals surface area contributed by atoms with E-state index in [1.807, 2.05) is 0 Å². The van der Waals surface area contributed by atoms with Crippen molar-refractivity contribution in [3.05, 3.63) is 0 Å². The molecule has 0 atom stereocenters. The van der Waals surface area contributed by atoms with Crippen LogP contribution in [-0.2, 0) is 19.1 Å². The van der Waals surface area contributed by atoms with Crippen molar-refractivity contribution in [2.24, 2.45) is 0 Å². The summed E-state index contributed by atoms with van der Waals surface area (Å²) in [5.74, 6) is -1.59. The van der Waals surface area contributed by atoms with Gasteiger partial charge in [-0.15, -0.1) is 0 Å². The zero-order valence-electron chi connectivity index (χ0n) is 5.49. The summed E-state index contributed by atoms with van der Waals surface area (Å²) in [5.41, 5.74) is 0. The Bertz CT molecular complexity index is 114. The van der Waals surface area contributed by atoms with Crippen LogP contribution in [0.4, 0.5) is 0 Å². The monoisotopic (exact) mass is 148 g/mol. The molecule has 0 aromatic carbocycles. The normalized spacial score (nSPS) is 8.90. The molecule has 0 unspecified atom stereocenters. The van der Waals surface area contributed by atoms with Crippen LogP contribution in [0.1, 0.15) is 6.92 Å². The summed E-state index contributed by atoms with van der Waals surface area (Å²) in [6.07, 6.45) is 0.